The lowest BCUT2D eigenvalue weighted by molar-refractivity contribution is -0.141. The predicted molar refractivity (Wildman–Crippen MR) is 127 cm³/mol. The molecule has 1 N–H and O–H groups in total. The summed E-state index contributed by atoms with van der Waals surface area (Å²) in [5.74, 6) is -0.764. The van der Waals surface area contributed by atoms with Crippen molar-refractivity contribution in [2.24, 2.45) is 5.10 Å². The molecule has 0 radical (unpaired) electrons. The van der Waals surface area contributed by atoms with Gasteiger partial charge in [-0.15, -0.1) is 0 Å². The van der Waals surface area contributed by atoms with Crippen LogP contribution in [0.4, 0.5) is 0 Å². The Kier molecular flexibility index (Phi) is 6.60. The van der Waals surface area contributed by atoms with Crippen molar-refractivity contribution in [3.63, 3.8) is 0 Å². The number of fused-ring (bicyclic) bond motifs is 1. The SMILES string of the molecule is CCOc1cccc2cc([C@H]3CC(c4ccc(C)cc4)=NN3C(=O)CCC(=O)O)c(Cl)nc12. The smallest absolute Gasteiger partial charge is 0.303 e. The number of halogens is 1. The van der Waals surface area contributed by atoms with Gasteiger partial charge in [-0.25, -0.2) is 9.99 Å². The minimum absolute atomic E-state index is 0.149. The molecule has 2 aromatic carbocycles. The van der Waals surface area contributed by atoms with Crippen LogP contribution in [0.5, 0.6) is 5.75 Å². The summed E-state index contributed by atoms with van der Waals surface area (Å²) >= 11 is 6.62. The Bertz CT molecular complexity index is 1240. The van der Waals surface area contributed by atoms with E-state index in [9.17, 15) is 9.59 Å². The second-order valence-corrected chi connectivity index (χ2v) is 8.25. The van der Waals surface area contributed by atoms with E-state index in [0.717, 1.165) is 22.2 Å². The fourth-order valence-electron chi connectivity index (χ4n) is 3.90. The van der Waals surface area contributed by atoms with Gasteiger partial charge in [-0.1, -0.05) is 53.6 Å². The van der Waals surface area contributed by atoms with E-state index in [1.165, 1.54) is 5.01 Å². The Morgan fingerprint density at radius 2 is 1.94 bits per heavy atom. The Morgan fingerprint density at radius 1 is 1.18 bits per heavy atom. The average Bonchev–Trinajstić information content (AvgIpc) is 3.23. The molecular weight excluding hydrogens is 442 g/mol. The van der Waals surface area contributed by atoms with Crippen molar-refractivity contribution in [2.75, 3.05) is 6.61 Å². The minimum Gasteiger partial charge on any atom is -0.492 e. The number of hydrazone groups is 1. The Morgan fingerprint density at radius 3 is 2.64 bits per heavy atom. The number of amides is 1. The summed E-state index contributed by atoms with van der Waals surface area (Å²) in [5, 5.41) is 16.1. The molecule has 2 heterocycles. The lowest BCUT2D eigenvalue weighted by Crippen LogP contribution is -2.27. The summed E-state index contributed by atoms with van der Waals surface area (Å²) in [7, 11) is 0. The van der Waals surface area contributed by atoms with E-state index >= 15 is 0 Å². The monoisotopic (exact) mass is 465 g/mol. The van der Waals surface area contributed by atoms with E-state index in [1.54, 1.807) is 0 Å². The van der Waals surface area contributed by atoms with Crippen molar-refractivity contribution in [3.8, 4) is 5.75 Å². The van der Waals surface area contributed by atoms with Gasteiger partial charge in [-0.3, -0.25) is 9.59 Å². The highest BCUT2D eigenvalue weighted by Gasteiger charge is 2.35. The van der Waals surface area contributed by atoms with Crippen LogP contribution >= 0.6 is 11.6 Å². The number of aliphatic carboxylic acids is 1. The second-order valence-electron chi connectivity index (χ2n) is 7.89. The quantitative estimate of drug-likeness (QED) is 0.488. The number of aromatic nitrogens is 1. The number of carboxylic acid groups (broad SMARTS) is 1. The molecular formula is C25H24ClN3O4. The molecule has 0 bridgehead atoms. The van der Waals surface area contributed by atoms with Gasteiger partial charge in [0.25, 0.3) is 0 Å². The zero-order valence-corrected chi connectivity index (χ0v) is 19.2. The number of aryl methyl sites for hydroxylation is 1. The van der Waals surface area contributed by atoms with E-state index in [4.69, 9.17) is 21.4 Å². The number of para-hydroxylation sites is 1. The van der Waals surface area contributed by atoms with Gasteiger partial charge in [0.1, 0.15) is 16.4 Å². The lowest BCUT2D eigenvalue weighted by Gasteiger charge is -2.23. The molecule has 0 saturated heterocycles. The third kappa shape index (κ3) is 4.83. The van der Waals surface area contributed by atoms with Crippen LogP contribution in [0.1, 0.15) is 48.9 Å². The van der Waals surface area contributed by atoms with Crippen LogP contribution in [0.3, 0.4) is 0 Å². The van der Waals surface area contributed by atoms with Crippen molar-refractivity contribution in [2.45, 2.75) is 39.2 Å². The minimum atomic E-state index is -1.03. The molecule has 1 amide bonds. The van der Waals surface area contributed by atoms with Crippen LogP contribution in [-0.4, -0.2) is 39.3 Å². The summed E-state index contributed by atoms with van der Waals surface area (Å²) in [6, 6.07) is 15.0. The topological polar surface area (TPSA) is 92.1 Å². The Hall–Kier alpha value is -3.45. The summed E-state index contributed by atoms with van der Waals surface area (Å²) in [6.45, 7) is 4.40. The van der Waals surface area contributed by atoms with Gasteiger partial charge in [0.2, 0.25) is 5.91 Å². The number of nitrogens with zero attached hydrogens (tertiary/aromatic N) is 3. The number of carbonyl (C=O) groups is 2. The zero-order valence-electron chi connectivity index (χ0n) is 18.4. The van der Waals surface area contributed by atoms with Crippen LogP contribution in [0.2, 0.25) is 5.15 Å². The van der Waals surface area contributed by atoms with E-state index in [-0.39, 0.29) is 23.9 Å². The van der Waals surface area contributed by atoms with Crippen molar-refractivity contribution in [1.82, 2.24) is 9.99 Å². The molecule has 0 spiro atoms. The van der Waals surface area contributed by atoms with Gasteiger partial charge < -0.3 is 9.84 Å². The average molecular weight is 466 g/mol. The normalized spacial score (nSPS) is 15.5. The number of pyridine rings is 1. The molecule has 4 rings (SSSR count). The molecule has 1 aliphatic heterocycles. The molecule has 170 valence electrons. The van der Waals surface area contributed by atoms with Gasteiger partial charge in [-0.05, 0) is 31.5 Å². The third-order valence-corrected chi connectivity index (χ3v) is 5.85. The number of benzene rings is 2. The first-order valence-electron chi connectivity index (χ1n) is 10.8. The van der Waals surface area contributed by atoms with Gasteiger partial charge >= 0.3 is 5.97 Å². The second kappa shape index (κ2) is 9.58. The number of carboxylic acids is 1. The van der Waals surface area contributed by atoms with Crippen LogP contribution in [-0.2, 0) is 9.59 Å². The number of rotatable bonds is 7. The summed E-state index contributed by atoms with van der Waals surface area (Å²) < 4.78 is 5.67. The summed E-state index contributed by atoms with van der Waals surface area (Å²) in [6.07, 6.45) is 0.0302. The number of ether oxygens (including phenoxy) is 1. The summed E-state index contributed by atoms with van der Waals surface area (Å²) in [4.78, 5) is 28.5. The molecule has 3 aromatic rings. The standard InChI is InChI=1S/C25H24ClN3O4/c1-3-33-21-6-4-5-17-13-18(25(26)27-24(17)21)20-14-19(16-9-7-15(2)8-10-16)28-29(20)22(30)11-12-23(31)32/h4-10,13,20H,3,11-12,14H2,1-2H3,(H,31,32)/t20-/m1/s1. The van der Waals surface area contributed by atoms with Gasteiger partial charge in [0, 0.05) is 23.8 Å². The molecule has 1 atom stereocenters. The maximum Gasteiger partial charge on any atom is 0.303 e. The highest BCUT2D eigenvalue weighted by molar-refractivity contribution is 6.30. The van der Waals surface area contributed by atoms with Crippen LogP contribution in [0.15, 0.2) is 53.6 Å². The highest BCUT2D eigenvalue weighted by Crippen LogP contribution is 2.38. The Labute approximate surface area is 196 Å². The molecule has 33 heavy (non-hydrogen) atoms. The van der Waals surface area contributed by atoms with Gasteiger partial charge in [0.15, 0.2) is 0 Å². The van der Waals surface area contributed by atoms with Crippen LogP contribution in [0, 0.1) is 6.92 Å². The van der Waals surface area contributed by atoms with E-state index in [1.807, 2.05) is 62.4 Å². The first kappa shape index (κ1) is 22.7. The zero-order chi connectivity index (χ0) is 23.5. The van der Waals surface area contributed by atoms with Crippen molar-refractivity contribution < 1.29 is 19.4 Å². The van der Waals surface area contributed by atoms with Crippen molar-refractivity contribution in [1.29, 1.82) is 0 Å². The first-order valence-corrected chi connectivity index (χ1v) is 11.2. The van der Waals surface area contributed by atoms with Crippen LogP contribution < -0.4 is 4.74 Å². The number of carbonyl (C=O) groups excluding carboxylic acids is 1. The molecule has 0 unspecified atom stereocenters. The van der Waals surface area contributed by atoms with Crippen LogP contribution in [0.25, 0.3) is 10.9 Å². The molecule has 1 aromatic heterocycles. The van der Waals surface area contributed by atoms with E-state index in [2.05, 4.69) is 10.1 Å². The lowest BCUT2D eigenvalue weighted by atomic mass is 9.97. The van der Waals surface area contributed by atoms with E-state index < -0.39 is 12.0 Å². The molecule has 7 nitrogen and oxygen atoms in total. The molecule has 0 aliphatic carbocycles. The highest BCUT2D eigenvalue weighted by atomic mass is 35.5. The molecule has 0 fully saturated rings. The summed E-state index contributed by atoms with van der Waals surface area (Å²) in [5.41, 5.74) is 4.07. The maximum atomic E-state index is 13.0. The molecule has 0 saturated carbocycles. The predicted octanol–water partition coefficient (Wildman–Crippen LogP) is 5.14. The fourth-order valence-corrected chi connectivity index (χ4v) is 4.17. The molecule has 8 heteroatoms. The van der Waals surface area contributed by atoms with Gasteiger partial charge in [-0.2, -0.15) is 5.10 Å². The molecule has 1 aliphatic rings. The van der Waals surface area contributed by atoms with E-state index in [0.29, 0.717) is 29.9 Å². The van der Waals surface area contributed by atoms with Crippen molar-refractivity contribution >= 4 is 40.1 Å². The largest absolute Gasteiger partial charge is 0.492 e. The first-order chi connectivity index (χ1) is 15.9. The number of hydrogen-bond donors (Lipinski definition) is 1. The fraction of sp³-hybridized carbons (Fsp3) is 0.280. The third-order valence-electron chi connectivity index (χ3n) is 5.55. The van der Waals surface area contributed by atoms with Gasteiger partial charge in [0.05, 0.1) is 24.8 Å². The maximum absolute atomic E-state index is 13.0. The Balaban J connectivity index is 1.74. The van der Waals surface area contributed by atoms with Crippen molar-refractivity contribution in [3.05, 3.63) is 70.4 Å². The number of hydrogen-bond acceptors (Lipinski definition) is 5.